The van der Waals surface area contributed by atoms with Crippen LogP contribution in [-0.2, 0) is 17.6 Å². The summed E-state index contributed by atoms with van der Waals surface area (Å²) in [5.41, 5.74) is 7.28. The number of aryl methyl sites for hydroxylation is 1. The molecule has 2 rings (SSSR count). The summed E-state index contributed by atoms with van der Waals surface area (Å²) in [4.78, 5) is 10.8. The van der Waals surface area contributed by atoms with E-state index in [1.807, 2.05) is 31.2 Å². The van der Waals surface area contributed by atoms with Crippen molar-refractivity contribution in [3.05, 3.63) is 35.6 Å². The quantitative estimate of drug-likeness (QED) is 0.846. The van der Waals surface area contributed by atoms with Crippen LogP contribution in [0.1, 0.15) is 18.2 Å². The monoisotopic (exact) mass is 233 g/mol. The first kappa shape index (κ1) is 11.7. The van der Waals surface area contributed by atoms with Crippen molar-refractivity contribution in [3.63, 3.8) is 0 Å². The van der Waals surface area contributed by atoms with Crippen LogP contribution in [0.4, 0.5) is 0 Å². The van der Waals surface area contributed by atoms with Crippen molar-refractivity contribution in [2.75, 3.05) is 0 Å². The van der Waals surface area contributed by atoms with Crippen molar-refractivity contribution in [1.82, 2.24) is 0 Å². The van der Waals surface area contributed by atoms with Gasteiger partial charge in [0.05, 0.1) is 0 Å². The van der Waals surface area contributed by atoms with Crippen LogP contribution in [-0.4, -0.2) is 17.1 Å². The van der Waals surface area contributed by atoms with Crippen LogP contribution in [0.15, 0.2) is 28.7 Å². The number of carboxylic acids is 1. The van der Waals surface area contributed by atoms with Gasteiger partial charge in [-0.25, -0.2) is 0 Å². The lowest BCUT2D eigenvalue weighted by Crippen LogP contribution is -2.32. The molecule has 90 valence electrons. The predicted octanol–water partition coefficient (Wildman–Crippen LogP) is 1.95. The summed E-state index contributed by atoms with van der Waals surface area (Å²) in [5.74, 6) is -0.166. The molecule has 0 saturated heterocycles. The standard InChI is InChI=1S/C13H15NO3/c1-2-11-9(7-10(14)13(15)16)8-5-3-4-6-12(8)17-11/h3-6,10H,2,7,14H2,1H3,(H,15,16). The zero-order valence-electron chi connectivity index (χ0n) is 9.64. The van der Waals surface area contributed by atoms with E-state index < -0.39 is 12.0 Å². The first-order valence-corrected chi connectivity index (χ1v) is 5.61. The molecule has 0 spiro atoms. The summed E-state index contributed by atoms with van der Waals surface area (Å²) in [6.07, 6.45) is 1.03. The van der Waals surface area contributed by atoms with E-state index in [0.717, 1.165) is 28.7 Å². The molecule has 0 aliphatic rings. The molecule has 4 nitrogen and oxygen atoms in total. The van der Waals surface area contributed by atoms with E-state index in [2.05, 4.69) is 0 Å². The largest absolute Gasteiger partial charge is 0.480 e. The number of aliphatic carboxylic acids is 1. The molecule has 1 heterocycles. The highest BCUT2D eigenvalue weighted by molar-refractivity contribution is 5.83. The molecule has 3 N–H and O–H groups in total. The van der Waals surface area contributed by atoms with E-state index in [-0.39, 0.29) is 0 Å². The number of fused-ring (bicyclic) bond motifs is 1. The first-order chi connectivity index (χ1) is 8.13. The lowest BCUT2D eigenvalue weighted by molar-refractivity contribution is -0.138. The summed E-state index contributed by atoms with van der Waals surface area (Å²) >= 11 is 0. The third-order valence-corrected chi connectivity index (χ3v) is 2.84. The smallest absolute Gasteiger partial charge is 0.320 e. The van der Waals surface area contributed by atoms with Gasteiger partial charge in [-0.05, 0) is 6.07 Å². The van der Waals surface area contributed by atoms with Gasteiger partial charge in [0.1, 0.15) is 17.4 Å². The Bertz CT molecular complexity index is 545. The number of hydrogen-bond donors (Lipinski definition) is 2. The molecule has 4 heteroatoms. The highest BCUT2D eigenvalue weighted by Crippen LogP contribution is 2.27. The molecule has 0 aliphatic carbocycles. The average molecular weight is 233 g/mol. The molecule has 0 fully saturated rings. The van der Waals surface area contributed by atoms with Crippen molar-refractivity contribution in [2.24, 2.45) is 5.73 Å². The highest BCUT2D eigenvalue weighted by atomic mass is 16.4. The van der Waals surface area contributed by atoms with Gasteiger partial charge in [-0.15, -0.1) is 0 Å². The molecule has 0 saturated carbocycles. The van der Waals surface area contributed by atoms with E-state index in [0.29, 0.717) is 6.42 Å². The minimum absolute atomic E-state index is 0.301. The Balaban J connectivity index is 2.46. The van der Waals surface area contributed by atoms with Gasteiger partial charge in [0.15, 0.2) is 0 Å². The van der Waals surface area contributed by atoms with E-state index in [1.165, 1.54) is 0 Å². The fourth-order valence-corrected chi connectivity index (χ4v) is 1.97. The molecule has 1 atom stereocenters. The van der Waals surface area contributed by atoms with Crippen LogP contribution in [0, 0.1) is 0 Å². The van der Waals surface area contributed by atoms with E-state index in [9.17, 15) is 4.79 Å². The van der Waals surface area contributed by atoms with Gasteiger partial charge in [0, 0.05) is 23.8 Å². The number of nitrogens with two attached hydrogens (primary N) is 1. The second kappa shape index (κ2) is 4.59. The second-order valence-corrected chi connectivity index (χ2v) is 4.00. The summed E-state index contributed by atoms with van der Waals surface area (Å²) in [5, 5.41) is 9.82. The Morgan fingerprint density at radius 1 is 1.47 bits per heavy atom. The number of hydrogen-bond acceptors (Lipinski definition) is 3. The molecular formula is C13H15NO3. The summed E-state index contributed by atoms with van der Waals surface area (Å²) < 4.78 is 5.68. The predicted molar refractivity (Wildman–Crippen MR) is 64.9 cm³/mol. The molecular weight excluding hydrogens is 218 g/mol. The summed E-state index contributed by atoms with van der Waals surface area (Å²) in [6, 6.07) is 6.73. The molecule has 1 unspecified atom stereocenters. The van der Waals surface area contributed by atoms with Gasteiger partial charge in [0.25, 0.3) is 0 Å². The zero-order valence-corrected chi connectivity index (χ0v) is 9.64. The van der Waals surface area contributed by atoms with Crippen molar-refractivity contribution in [1.29, 1.82) is 0 Å². The molecule has 2 aromatic rings. The topological polar surface area (TPSA) is 76.5 Å². The Kier molecular flexibility index (Phi) is 3.15. The second-order valence-electron chi connectivity index (χ2n) is 4.00. The Labute approximate surface area is 99.0 Å². The Hall–Kier alpha value is -1.81. The average Bonchev–Trinajstić information content (AvgIpc) is 2.67. The maximum absolute atomic E-state index is 10.8. The molecule has 0 aliphatic heterocycles. The normalized spacial score (nSPS) is 12.8. The highest BCUT2D eigenvalue weighted by Gasteiger charge is 2.19. The minimum atomic E-state index is -0.989. The van der Waals surface area contributed by atoms with Gasteiger partial charge >= 0.3 is 5.97 Å². The van der Waals surface area contributed by atoms with E-state index >= 15 is 0 Å². The fourth-order valence-electron chi connectivity index (χ4n) is 1.97. The number of para-hydroxylation sites is 1. The number of carbonyl (C=O) groups is 1. The number of benzene rings is 1. The Morgan fingerprint density at radius 3 is 2.82 bits per heavy atom. The molecule has 0 bridgehead atoms. The van der Waals surface area contributed by atoms with Crippen LogP contribution in [0.2, 0.25) is 0 Å². The zero-order chi connectivity index (χ0) is 12.4. The Morgan fingerprint density at radius 2 is 2.18 bits per heavy atom. The van der Waals surface area contributed by atoms with Gasteiger partial charge in [0.2, 0.25) is 0 Å². The van der Waals surface area contributed by atoms with Crippen molar-refractivity contribution < 1.29 is 14.3 Å². The summed E-state index contributed by atoms with van der Waals surface area (Å²) in [6.45, 7) is 1.98. The molecule has 0 amide bonds. The first-order valence-electron chi connectivity index (χ1n) is 5.61. The molecule has 1 aromatic heterocycles. The van der Waals surface area contributed by atoms with Crippen LogP contribution in [0.25, 0.3) is 11.0 Å². The van der Waals surface area contributed by atoms with E-state index in [1.54, 1.807) is 0 Å². The van der Waals surface area contributed by atoms with Gasteiger partial charge in [-0.1, -0.05) is 25.1 Å². The number of rotatable bonds is 4. The number of furan rings is 1. The summed E-state index contributed by atoms with van der Waals surface area (Å²) in [7, 11) is 0. The molecule has 17 heavy (non-hydrogen) atoms. The van der Waals surface area contributed by atoms with Crippen LogP contribution < -0.4 is 5.73 Å². The lowest BCUT2D eigenvalue weighted by Gasteiger charge is -2.06. The lowest BCUT2D eigenvalue weighted by atomic mass is 10.0. The number of carboxylic acid groups (broad SMARTS) is 1. The maximum Gasteiger partial charge on any atom is 0.320 e. The third kappa shape index (κ3) is 2.17. The maximum atomic E-state index is 10.8. The molecule has 1 aromatic carbocycles. The SMILES string of the molecule is CCc1oc2ccccc2c1CC(N)C(=O)O. The molecule has 0 radical (unpaired) electrons. The van der Waals surface area contributed by atoms with E-state index in [4.69, 9.17) is 15.3 Å². The van der Waals surface area contributed by atoms with Crippen molar-refractivity contribution >= 4 is 16.9 Å². The van der Waals surface area contributed by atoms with Crippen molar-refractivity contribution in [2.45, 2.75) is 25.8 Å². The van der Waals surface area contributed by atoms with Crippen LogP contribution in [0.3, 0.4) is 0 Å². The van der Waals surface area contributed by atoms with Crippen LogP contribution in [0.5, 0.6) is 0 Å². The van der Waals surface area contributed by atoms with Gasteiger partial charge < -0.3 is 15.3 Å². The fraction of sp³-hybridized carbons (Fsp3) is 0.308. The van der Waals surface area contributed by atoms with Gasteiger partial charge in [-0.3, -0.25) is 4.79 Å². The van der Waals surface area contributed by atoms with Crippen molar-refractivity contribution in [3.8, 4) is 0 Å². The van der Waals surface area contributed by atoms with Crippen LogP contribution >= 0.6 is 0 Å². The third-order valence-electron chi connectivity index (χ3n) is 2.84. The van der Waals surface area contributed by atoms with Gasteiger partial charge in [-0.2, -0.15) is 0 Å². The minimum Gasteiger partial charge on any atom is -0.480 e.